The summed E-state index contributed by atoms with van der Waals surface area (Å²) < 4.78 is 28.6. The van der Waals surface area contributed by atoms with Crippen molar-refractivity contribution in [2.75, 3.05) is 13.1 Å². The van der Waals surface area contributed by atoms with E-state index in [0.717, 1.165) is 30.9 Å². The molecular formula is C13H13F2N3. The highest BCUT2D eigenvalue weighted by molar-refractivity contribution is 5.21. The number of aromatic nitrogens is 2. The number of hydrogen-bond donors (Lipinski definition) is 1. The predicted molar refractivity (Wildman–Crippen MR) is 63.3 cm³/mol. The molecule has 0 unspecified atom stereocenters. The fourth-order valence-electron chi connectivity index (χ4n) is 2.15. The van der Waals surface area contributed by atoms with Crippen LogP contribution in [-0.4, -0.2) is 22.6 Å². The molecule has 0 aliphatic carbocycles. The fourth-order valence-corrected chi connectivity index (χ4v) is 2.15. The minimum absolute atomic E-state index is 0.315. The third kappa shape index (κ3) is 2.01. The molecule has 1 aliphatic rings. The van der Waals surface area contributed by atoms with E-state index in [1.807, 2.05) is 4.57 Å². The van der Waals surface area contributed by atoms with Gasteiger partial charge in [-0.05, 0) is 18.2 Å². The summed E-state index contributed by atoms with van der Waals surface area (Å²) >= 11 is 0. The zero-order chi connectivity index (χ0) is 12.5. The molecule has 1 aromatic heterocycles. The lowest BCUT2D eigenvalue weighted by Crippen LogP contribution is -2.40. The van der Waals surface area contributed by atoms with Crippen molar-refractivity contribution in [2.45, 2.75) is 12.5 Å². The van der Waals surface area contributed by atoms with E-state index in [2.05, 4.69) is 10.3 Å². The Morgan fingerprint density at radius 2 is 2.17 bits per heavy atom. The van der Waals surface area contributed by atoms with E-state index in [1.54, 1.807) is 12.5 Å². The second kappa shape index (κ2) is 4.49. The van der Waals surface area contributed by atoms with Crippen LogP contribution in [0.25, 0.3) is 0 Å². The third-order valence-corrected chi connectivity index (χ3v) is 3.29. The van der Waals surface area contributed by atoms with Crippen LogP contribution in [0.4, 0.5) is 8.78 Å². The summed E-state index contributed by atoms with van der Waals surface area (Å²) in [5, 5.41) is 3.19. The molecule has 1 aromatic carbocycles. The van der Waals surface area contributed by atoms with Gasteiger partial charge in [-0.3, -0.25) is 0 Å². The smallest absolute Gasteiger partial charge is 0.128 e. The first-order valence-corrected chi connectivity index (χ1v) is 5.88. The molecular weight excluding hydrogens is 236 g/mol. The highest BCUT2D eigenvalue weighted by Crippen LogP contribution is 2.21. The lowest BCUT2D eigenvalue weighted by Gasteiger charge is -2.27. The van der Waals surface area contributed by atoms with Crippen molar-refractivity contribution in [3.05, 3.63) is 53.6 Å². The van der Waals surface area contributed by atoms with Gasteiger partial charge in [-0.1, -0.05) is 0 Å². The van der Waals surface area contributed by atoms with Crippen LogP contribution in [0.15, 0.2) is 30.7 Å². The van der Waals surface area contributed by atoms with Crippen LogP contribution in [-0.2, 0) is 6.54 Å². The second-order valence-corrected chi connectivity index (χ2v) is 4.54. The van der Waals surface area contributed by atoms with Gasteiger partial charge in [-0.2, -0.15) is 0 Å². The molecule has 18 heavy (non-hydrogen) atoms. The van der Waals surface area contributed by atoms with Gasteiger partial charge in [0.05, 0.1) is 12.9 Å². The van der Waals surface area contributed by atoms with Crippen molar-refractivity contribution in [1.82, 2.24) is 14.9 Å². The quantitative estimate of drug-likeness (QED) is 0.900. The Morgan fingerprint density at radius 3 is 2.89 bits per heavy atom. The molecule has 2 aromatic rings. The largest absolute Gasteiger partial charge is 0.330 e. The number of nitrogens with zero attached hydrogens (tertiary/aromatic N) is 2. The van der Waals surface area contributed by atoms with Crippen LogP contribution in [0.2, 0.25) is 0 Å². The summed E-state index contributed by atoms with van der Waals surface area (Å²) in [5.74, 6) is -0.384. The first-order valence-electron chi connectivity index (χ1n) is 5.88. The summed E-state index contributed by atoms with van der Waals surface area (Å²) in [6.07, 6.45) is 3.46. The van der Waals surface area contributed by atoms with Gasteiger partial charge in [0, 0.05) is 36.5 Å². The number of halogens is 2. The summed E-state index contributed by atoms with van der Waals surface area (Å²) in [6, 6.07) is 3.52. The molecule has 0 saturated carbocycles. The molecule has 1 N–H and O–H groups in total. The monoisotopic (exact) mass is 249 g/mol. The van der Waals surface area contributed by atoms with Crippen LogP contribution in [0, 0.1) is 11.6 Å². The van der Waals surface area contributed by atoms with E-state index in [0.29, 0.717) is 18.0 Å². The number of imidazole rings is 1. The van der Waals surface area contributed by atoms with Gasteiger partial charge in [0.1, 0.15) is 11.6 Å². The SMILES string of the molecule is Fc1ccc(F)c(Cn2cncc2C2CNC2)c1. The van der Waals surface area contributed by atoms with E-state index < -0.39 is 5.82 Å². The summed E-state index contributed by atoms with van der Waals surface area (Å²) in [4.78, 5) is 4.09. The molecule has 0 spiro atoms. The van der Waals surface area contributed by atoms with Crippen LogP contribution >= 0.6 is 0 Å². The average molecular weight is 249 g/mol. The minimum Gasteiger partial charge on any atom is -0.330 e. The summed E-state index contributed by atoms with van der Waals surface area (Å²) in [5.41, 5.74) is 1.42. The van der Waals surface area contributed by atoms with Crippen molar-refractivity contribution in [2.24, 2.45) is 0 Å². The standard InChI is InChI=1S/C13H13F2N3/c14-11-1-2-12(15)9(3-11)7-18-8-17-6-13(18)10-4-16-5-10/h1-3,6,8,10,16H,4-5,7H2. The molecule has 2 heterocycles. The van der Waals surface area contributed by atoms with Crippen molar-refractivity contribution in [3.63, 3.8) is 0 Å². The fraction of sp³-hybridized carbons (Fsp3) is 0.308. The molecule has 0 atom stereocenters. The highest BCUT2D eigenvalue weighted by atomic mass is 19.1. The summed E-state index contributed by atoms with van der Waals surface area (Å²) in [6.45, 7) is 2.14. The van der Waals surface area contributed by atoms with Gasteiger partial charge < -0.3 is 9.88 Å². The third-order valence-electron chi connectivity index (χ3n) is 3.29. The maximum atomic E-state index is 13.6. The van der Waals surface area contributed by atoms with Crippen molar-refractivity contribution < 1.29 is 8.78 Å². The van der Waals surface area contributed by atoms with Gasteiger partial charge in [-0.15, -0.1) is 0 Å². The van der Waals surface area contributed by atoms with Gasteiger partial charge >= 0.3 is 0 Å². The second-order valence-electron chi connectivity index (χ2n) is 4.54. The van der Waals surface area contributed by atoms with E-state index in [-0.39, 0.29) is 5.82 Å². The zero-order valence-electron chi connectivity index (χ0n) is 9.74. The molecule has 5 heteroatoms. The van der Waals surface area contributed by atoms with Gasteiger partial charge in [-0.25, -0.2) is 13.8 Å². The minimum atomic E-state index is -0.418. The normalized spacial score (nSPS) is 15.7. The summed E-state index contributed by atoms with van der Waals surface area (Å²) in [7, 11) is 0. The molecule has 1 fully saturated rings. The number of hydrogen-bond acceptors (Lipinski definition) is 2. The van der Waals surface area contributed by atoms with Crippen LogP contribution in [0.5, 0.6) is 0 Å². The van der Waals surface area contributed by atoms with Crippen molar-refractivity contribution in [3.8, 4) is 0 Å². The maximum Gasteiger partial charge on any atom is 0.128 e. The molecule has 0 radical (unpaired) electrons. The Kier molecular flexibility index (Phi) is 2.83. The van der Waals surface area contributed by atoms with Crippen LogP contribution in [0.1, 0.15) is 17.2 Å². The van der Waals surface area contributed by atoms with Crippen molar-refractivity contribution in [1.29, 1.82) is 0 Å². The molecule has 3 rings (SSSR count). The average Bonchev–Trinajstić information content (AvgIpc) is 2.70. The maximum absolute atomic E-state index is 13.6. The molecule has 0 bridgehead atoms. The van der Waals surface area contributed by atoms with Crippen molar-refractivity contribution >= 4 is 0 Å². The van der Waals surface area contributed by atoms with Gasteiger partial charge in [0.15, 0.2) is 0 Å². The topological polar surface area (TPSA) is 29.9 Å². The molecule has 0 amide bonds. The lowest BCUT2D eigenvalue weighted by atomic mass is 10.00. The van der Waals surface area contributed by atoms with Crippen LogP contribution in [0.3, 0.4) is 0 Å². The molecule has 1 aliphatic heterocycles. The first-order chi connectivity index (χ1) is 8.74. The van der Waals surface area contributed by atoms with E-state index in [1.165, 1.54) is 6.07 Å². The number of rotatable bonds is 3. The predicted octanol–water partition coefficient (Wildman–Crippen LogP) is 1.90. The Morgan fingerprint density at radius 1 is 1.33 bits per heavy atom. The van der Waals surface area contributed by atoms with E-state index >= 15 is 0 Å². The first kappa shape index (κ1) is 11.3. The molecule has 94 valence electrons. The highest BCUT2D eigenvalue weighted by Gasteiger charge is 2.22. The molecule has 1 saturated heterocycles. The van der Waals surface area contributed by atoms with E-state index in [9.17, 15) is 8.78 Å². The van der Waals surface area contributed by atoms with Gasteiger partial charge in [0.2, 0.25) is 0 Å². The number of nitrogens with one attached hydrogen (secondary N) is 1. The molecule has 3 nitrogen and oxygen atoms in total. The Bertz CT molecular complexity index is 561. The zero-order valence-corrected chi connectivity index (χ0v) is 9.74. The van der Waals surface area contributed by atoms with Gasteiger partial charge in [0.25, 0.3) is 0 Å². The van der Waals surface area contributed by atoms with E-state index in [4.69, 9.17) is 0 Å². The Hall–Kier alpha value is -1.75. The Labute approximate surface area is 103 Å². The van der Waals surface area contributed by atoms with Crippen LogP contribution < -0.4 is 5.32 Å². The number of benzene rings is 1. The lowest BCUT2D eigenvalue weighted by molar-refractivity contribution is 0.426. The Balaban J connectivity index is 1.87.